The van der Waals surface area contributed by atoms with Crippen LogP contribution in [0.1, 0.15) is 20.3 Å². The average Bonchev–Trinajstić information content (AvgIpc) is 2.47. The van der Waals surface area contributed by atoms with Gasteiger partial charge >= 0.3 is 5.97 Å². The van der Waals surface area contributed by atoms with E-state index >= 15 is 0 Å². The molecule has 0 atom stereocenters. The molecule has 0 aliphatic rings. The molecule has 1 aromatic rings. The van der Waals surface area contributed by atoms with Crippen molar-refractivity contribution in [1.82, 2.24) is 0 Å². The Kier molecular flexibility index (Phi) is 6.33. The molecule has 0 radical (unpaired) electrons. The van der Waals surface area contributed by atoms with Gasteiger partial charge in [-0.3, -0.25) is 9.59 Å². The lowest BCUT2D eigenvalue weighted by molar-refractivity contribution is -0.152. The lowest BCUT2D eigenvalue weighted by Gasteiger charge is -2.21. The number of nitrogens with zero attached hydrogens (tertiary/aromatic N) is 1. The zero-order chi connectivity index (χ0) is 15.8. The number of ether oxygens (including phenoxy) is 1. The Bertz CT molecular complexity index is 545. The fraction of sp³-hybridized carbons (Fsp3) is 0.312. The van der Waals surface area contributed by atoms with Crippen molar-refractivity contribution < 1.29 is 19.1 Å². The van der Waals surface area contributed by atoms with Gasteiger partial charge in [-0.05, 0) is 26.0 Å². The minimum absolute atomic E-state index is 0.347. The van der Waals surface area contributed by atoms with E-state index in [1.807, 2.05) is 26.0 Å². The molecule has 0 saturated heterocycles. The fourth-order valence-corrected chi connectivity index (χ4v) is 1.65. The average molecular weight is 289 g/mol. The van der Waals surface area contributed by atoms with Crippen LogP contribution < -0.4 is 4.90 Å². The van der Waals surface area contributed by atoms with Crippen molar-refractivity contribution >= 4 is 23.3 Å². The largest absolute Gasteiger partial charge is 0.463 e. The lowest BCUT2D eigenvalue weighted by atomic mass is 10.2. The van der Waals surface area contributed by atoms with E-state index in [0.29, 0.717) is 12.2 Å². The van der Waals surface area contributed by atoms with Gasteiger partial charge in [0.1, 0.15) is 0 Å². The highest BCUT2D eigenvalue weighted by atomic mass is 16.5. The van der Waals surface area contributed by atoms with Gasteiger partial charge in [0.15, 0.2) is 0 Å². The summed E-state index contributed by atoms with van der Waals surface area (Å²) in [5.74, 6) is -2.28. The maximum Gasteiger partial charge on any atom is 0.374 e. The van der Waals surface area contributed by atoms with Crippen LogP contribution in [0.2, 0.25) is 0 Å². The highest BCUT2D eigenvalue weighted by Gasteiger charge is 2.22. The predicted octanol–water partition coefficient (Wildman–Crippen LogP) is 2.12. The van der Waals surface area contributed by atoms with Crippen molar-refractivity contribution in [2.75, 3.05) is 18.6 Å². The minimum Gasteiger partial charge on any atom is -0.463 e. The number of rotatable bonds is 6. The van der Waals surface area contributed by atoms with Gasteiger partial charge in [-0.25, -0.2) is 4.79 Å². The molecule has 112 valence electrons. The van der Waals surface area contributed by atoms with Gasteiger partial charge in [0.25, 0.3) is 0 Å². The molecule has 0 aromatic heterocycles. The van der Waals surface area contributed by atoms with Crippen molar-refractivity contribution in [3.8, 4) is 0 Å². The number of ketones is 1. The molecular formula is C16H19NO4. The second-order valence-electron chi connectivity index (χ2n) is 4.71. The van der Waals surface area contributed by atoms with Crippen molar-refractivity contribution in [1.29, 1.82) is 0 Å². The van der Waals surface area contributed by atoms with Gasteiger partial charge in [0.05, 0.1) is 13.5 Å². The van der Waals surface area contributed by atoms with Gasteiger partial charge in [0.2, 0.25) is 11.7 Å². The van der Waals surface area contributed by atoms with Crippen LogP contribution in [0.4, 0.5) is 5.69 Å². The number of allylic oxidation sites excluding steroid dienone is 1. The molecule has 1 amide bonds. The molecule has 0 bridgehead atoms. The number of esters is 1. The Morgan fingerprint density at radius 3 is 2.29 bits per heavy atom. The van der Waals surface area contributed by atoms with E-state index in [9.17, 15) is 14.4 Å². The molecule has 5 nitrogen and oxygen atoms in total. The molecule has 0 spiro atoms. The van der Waals surface area contributed by atoms with Gasteiger partial charge in [-0.15, -0.1) is 0 Å². The highest BCUT2D eigenvalue weighted by molar-refractivity contribution is 6.37. The molecule has 0 aliphatic carbocycles. The summed E-state index contributed by atoms with van der Waals surface area (Å²) in [6, 6.07) is 9.01. The third-order valence-electron chi connectivity index (χ3n) is 2.78. The van der Waals surface area contributed by atoms with Gasteiger partial charge < -0.3 is 9.64 Å². The smallest absolute Gasteiger partial charge is 0.374 e. The molecule has 5 heteroatoms. The first kappa shape index (κ1) is 16.6. The molecule has 0 fully saturated rings. The summed E-state index contributed by atoms with van der Waals surface area (Å²) in [5.41, 5.74) is 1.74. The first-order valence-corrected chi connectivity index (χ1v) is 6.55. The summed E-state index contributed by atoms with van der Waals surface area (Å²) >= 11 is 0. The monoisotopic (exact) mass is 289 g/mol. The second kappa shape index (κ2) is 7.99. The number of carbonyl (C=O) groups excluding carboxylic acids is 3. The summed E-state index contributed by atoms with van der Waals surface area (Å²) in [6.07, 6.45) is 1.38. The minimum atomic E-state index is -1.00. The van der Waals surface area contributed by atoms with Crippen LogP contribution in [0, 0.1) is 0 Å². The standard InChI is InChI=1S/C16H19NO4/c1-12(2)9-10-17(13-7-5-4-6-8-13)15(19)11-14(18)16(20)21-3/h4-9H,10-11H2,1-3H3. The topological polar surface area (TPSA) is 63.7 Å². The Hall–Kier alpha value is -2.43. The molecule has 21 heavy (non-hydrogen) atoms. The van der Waals surface area contributed by atoms with Gasteiger partial charge in [-0.2, -0.15) is 0 Å². The predicted molar refractivity (Wildman–Crippen MR) is 79.9 cm³/mol. The van der Waals surface area contributed by atoms with Crippen molar-refractivity contribution in [3.63, 3.8) is 0 Å². The van der Waals surface area contributed by atoms with Gasteiger partial charge in [-0.1, -0.05) is 29.8 Å². The Morgan fingerprint density at radius 2 is 1.76 bits per heavy atom. The second-order valence-corrected chi connectivity index (χ2v) is 4.71. The van der Waals surface area contributed by atoms with E-state index < -0.39 is 24.1 Å². The van der Waals surface area contributed by atoms with E-state index in [0.717, 1.165) is 12.7 Å². The number of methoxy groups -OCH3 is 1. The first-order valence-electron chi connectivity index (χ1n) is 6.55. The molecule has 0 aliphatic heterocycles. The molecule has 1 rings (SSSR count). The lowest BCUT2D eigenvalue weighted by Crippen LogP contribution is -2.34. The molecule has 1 aromatic carbocycles. The number of Topliss-reactive ketones (excluding diaryl/α,β-unsaturated/α-hetero) is 1. The Balaban J connectivity index is 2.91. The van der Waals surface area contributed by atoms with E-state index in [-0.39, 0.29) is 0 Å². The van der Waals surface area contributed by atoms with Crippen LogP contribution in [-0.2, 0) is 19.1 Å². The number of hydrogen-bond acceptors (Lipinski definition) is 4. The summed E-state index contributed by atoms with van der Waals surface area (Å²) in [6.45, 7) is 4.19. The zero-order valence-electron chi connectivity index (χ0n) is 12.5. The van der Waals surface area contributed by atoms with Crippen molar-refractivity contribution in [2.45, 2.75) is 20.3 Å². The highest BCUT2D eigenvalue weighted by Crippen LogP contribution is 2.15. The molecule has 0 N–H and O–H groups in total. The first-order chi connectivity index (χ1) is 9.95. The van der Waals surface area contributed by atoms with E-state index in [2.05, 4.69) is 4.74 Å². The van der Waals surface area contributed by atoms with Gasteiger partial charge in [0, 0.05) is 12.2 Å². The number of para-hydroxylation sites is 1. The summed E-state index contributed by atoms with van der Waals surface area (Å²) in [5, 5.41) is 0. The number of benzene rings is 1. The van der Waals surface area contributed by atoms with Crippen LogP contribution in [0.25, 0.3) is 0 Å². The number of hydrogen-bond donors (Lipinski definition) is 0. The third-order valence-corrected chi connectivity index (χ3v) is 2.78. The summed E-state index contributed by atoms with van der Waals surface area (Å²) in [7, 11) is 1.11. The number of anilines is 1. The Labute approximate surface area is 124 Å². The van der Waals surface area contributed by atoms with Crippen LogP contribution >= 0.6 is 0 Å². The summed E-state index contributed by atoms with van der Waals surface area (Å²) < 4.78 is 4.33. The molecule has 0 heterocycles. The van der Waals surface area contributed by atoms with E-state index in [1.54, 1.807) is 24.3 Å². The molecule has 0 saturated carbocycles. The van der Waals surface area contributed by atoms with Crippen molar-refractivity contribution in [3.05, 3.63) is 42.0 Å². The van der Waals surface area contributed by atoms with E-state index in [1.165, 1.54) is 4.90 Å². The van der Waals surface area contributed by atoms with Crippen LogP contribution in [0.3, 0.4) is 0 Å². The van der Waals surface area contributed by atoms with Crippen molar-refractivity contribution in [2.24, 2.45) is 0 Å². The van der Waals surface area contributed by atoms with Crippen LogP contribution in [0.5, 0.6) is 0 Å². The molecular weight excluding hydrogens is 270 g/mol. The zero-order valence-corrected chi connectivity index (χ0v) is 12.5. The number of amides is 1. The van der Waals surface area contributed by atoms with Crippen LogP contribution in [-0.4, -0.2) is 31.3 Å². The fourth-order valence-electron chi connectivity index (χ4n) is 1.65. The van der Waals surface area contributed by atoms with Crippen LogP contribution in [0.15, 0.2) is 42.0 Å². The summed E-state index contributed by atoms with van der Waals surface area (Å²) in [4.78, 5) is 36.4. The maximum atomic E-state index is 12.3. The molecule has 0 unspecified atom stereocenters. The SMILES string of the molecule is COC(=O)C(=O)CC(=O)N(CC=C(C)C)c1ccccc1. The Morgan fingerprint density at radius 1 is 1.14 bits per heavy atom. The number of carbonyl (C=O) groups is 3. The van der Waals surface area contributed by atoms with E-state index in [4.69, 9.17) is 0 Å². The maximum absolute atomic E-state index is 12.3. The normalized spacial score (nSPS) is 9.67. The quantitative estimate of drug-likeness (QED) is 0.348. The third kappa shape index (κ3) is 5.22.